The number of esters is 1. The maximum atomic E-state index is 14.5. The molecule has 10 heteroatoms. The number of carbonyl (C=O) groups is 1. The second kappa shape index (κ2) is 10.6. The highest BCUT2D eigenvalue weighted by Gasteiger charge is 2.27. The number of hydrogen-bond acceptors (Lipinski definition) is 6. The van der Waals surface area contributed by atoms with Gasteiger partial charge in [0.1, 0.15) is 5.69 Å². The van der Waals surface area contributed by atoms with Crippen LogP contribution in [0.3, 0.4) is 0 Å². The van der Waals surface area contributed by atoms with E-state index in [0.29, 0.717) is 30.9 Å². The molecule has 2 aliphatic rings. The van der Waals surface area contributed by atoms with Gasteiger partial charge in [-0.25, -0.2) is 23.4 Å². The van der Waals surface area contributed by atoms with E-state index in [4.69, 9.17) is 9.47 Å². The molecular weight excluding hydrogens is 530 g/mol. The van der Waals surface area contributed by atoms with Crippen molar-refractivity contribution in [1.29, 1.82) is 0 Å². The normalized spacial score (nSPS) is 15.3. The van der Waals surface area contributed by atoms with Crippen LogP contribution in [0, 0.1) is 0 Å². The van der Waals surface area contributed by atoms with E-state index in [1.807, 2.05) is 18.2 Å². The summed E-state index contributed by atoms with van der Waals surface area (Å²) in [7, 11) is 4.79. The first-order valence-electron chi connectivity index (χ1n) is 13.5. The summed E-state index contributed by atoms with van der Waals surface area (Å²) in [6.07, 6.45) is 3.04. The SMILES string of the molecule is COC(=O)c1ccc(-c2cc3c(cc2C(F)F)N(c2cc(C4=CCOCC4)c4c(c2)n(C)c(=O)n4C)CCC3)cn1. The molecular formula is C31H30F2N4O4. The summed E-state index contributed by atoms with van der Waals surface area (Å²) in [5, 5.41) is 0. The average Bonchev–Trinajstić information content (AvgIpc) is 3.23. The van der Waals surface area contributed by atoms with Crippen LogP contribution in [-0.4, -0.2) is 47.0 Å². The molecule has 0 N–H and O–H groups in total. The van der Waals surface area contributed by atoms with Gasteiger partial charge in [-0.05, 0) is 66.3 Å². The number of aromatic nitrogens is 3. The number of nitrogens with zero attached hydrogens (tertiary/aromatic N) is 4. The molecule has 0 bridgehead atoms. The zero-order valence-corrected chi connectivity index (χ0v) is 23.1. The number of aryl methyl sites for hydroxylation is 3. The molecule has 0 radical (unpaired) electrons. The zero-order valence-electron chi connectivity index (χ0n) is 23.1. The molecule has 4 aromatic rings. The van der Waals surface area contributed by atoms with Gasteiger partial charge in [-0.15, -0.1) is 0 Å². The van der Waals surface area contributed by atoms with Gasteiger partial charge in [-0.2, -0.15) is 0 Å². The van der Waals surface area contributed by atoms with Crippen molar-refractivity contribution in [2.45, 2.75) is 25.7 Å². The minimum absolute atomic E-state index is 0.108. The highest BCUT2D eigenvalue weighted by molar-refractivity contribution is 5.94. The van der Waals surface area contributed by atoms with Crippen molar-refractivity contribution in [3.63, 3.8) is 0 Å². The molecule has 6 rings (SSSR count). The van der Waals surface area contributed by atoms with Crippen LogP contribution in [0.15, 0.2) is 53.5 Å². The van der Waals surface area contributed by atoms with Crippen LogP contribution in [-0.2, 0) is 30.0 Å². The lowest BCUT2D eigenvalue weighted by Gasteiger charge is -2.33. The van der Waals surface area contributed by atoms with Gasteiger partial charge in [0, 0.05) is 54.9 Å². The summed E-state index contributed by atoms with van der Waals surface area (Å²) in [4.78, 5) is 30.9. The highest BCUT2D eigenvalue weighted by atomic mass is 19.3. The van der Waals surface area contributed by atoms with Crippen molar-refractivity contribution in [2.75, 3.05) is 31.8 Å². The second-order valence-corrected chi connectivity index (χ2v) is 10.4. The molecule has 0 saturated carbocycles. The molecule has 0 unspecified atom stereocenters. The molecule has 212 valence electrons. The van der Waals surface area contributed by atoms with Gasteiger partial charge in [-0.3, -0.25) is 9.13 Å². The van der Waals surface area contributed by atoms with Gasteiger partial charge < -0.3 is 14.4 Å². The minimum atomic E-state index is -2.72. The van der Waals surface area contributed by atoms with Crippen molar-refractivity contribution in [2.24, 2.45) is 14.1 Å². The number of benzene rings is 2. The van der Waals surface area contributed by atoms with Crippen molar-refractivity contribution in [1.82, 2.24) is 14.1 Å². The highest BCUT2D eigenvalue weighted by Crippen LogP contribution is 2.43. The Bertz CT molecular complexity index is 1750. The Balaban J connectivity index is 1.50. The van der Waals surface area contributed by atoms with Gasteiger partial charge in [0.15, 0.2) is 0 Å². The summed E-state index contributed by atoms with van der Waals surface area (Å²) in [5.74, 6) is -0.588. The lowest BCUT2D eigenvalue weighted by molar-refractivity contribution is 0.0594. The zero-order chi connectivity index (χ0) is 28.8. The van der Waals surface area contributed by atoms with Crippen molar-refractivity contribution < 1.29 is 23.0 Å². The van der Waals surface area contributed by atoms with E-state index >= 15 is 0 Å². The fourth-order valence-corrected chi connectivity index (χ4v) is 5.93. The van der Waals surface area contributed by atoms with Crippen LogP contribution in [0.1, 0.15) is 46.4 Å². The van der Waals surface area contributed by atoms with Crippen LogP contribution in [0.4, 0.5) is 20.2 Å². The first-order chi connectivity index (χ1) is 19.8. The van der Waals surface area contributed by atoms with Crippen LogP contribution in [0.2, 0.25) is 0 Å². The molecule has 0 fully saturated rings. The van der Waals surface area contributed by atoms with Gasteiger partial charge in [0.2, 0.25) is 0 Å². The Hall–Kier alpha value is -4.31. The lowest BCUT2D eigenvalue weighted by atomic mass is 9.91. The van der Waals surface area contributed by atoms with Crippen LogP contribution < -0.4 is 10.6 Å². The Morgan fingerprint density at radius 3 is 2.59 bits per heavy atom. The van der Waals surface area contributed by atoms with Crippen LogP contribution >= 0.6 is 0 Å². The number of rotatable bonds is 5. The molecule has 0 saturated heterocycles. The molecule has 41 heavy (non-hydrogen) atoms. The smallest absolute Gasteiger partial charge is 0.356 e. The molecule has 2 aliphatic heterocycles. The number of anilines is 2. The summed E-state index contributed by atoms with van der Waals surface area (Å²) in [6, 6.07) is 10.5. The number of carbonyl (C=O) groups excluding carboxylic acids is 1. The number of fused-ring (bicyclic) bond motifs is 2. The molecule has 8 nitrogen and oxygen atoms in total. The van der Waals surface area contributed by atoms with Crippen LogP contribution in [0.5, 0.6) is 0 Å². The van der Waals surface area contributed by atoms with E-state index < -0.39 is 12.4 Å². The fourth-order valence-electron chi connectivity index (χ4n) is 5.93. The first kappa shape index (κ1) is 26.9. The molecule has 0 spiro atoms. The van der Waals surface area contributed by atoms with Crippen molar-refractivity contribution >= 4 is 34.0 Å². The molecule has 0 atom stereocenters. The second-order valence-electron chi connectivity index (χ2n) is 10.4. The number of imidazole rings is 1. The Morgan fingerprint density at radius 1 is 1.07 bits per heavy atom. The van der Waals surface area contributed by atoms with Gasteiger partial charge in [0.05, 0.1) is 31.4 Å². The largest absolute Gasteiger partial charge is 0.464 e. The van der Waals surface area contributed by atoms with Gasteiger partial charge in [-0.1, -0.05) is 12.1 Å². The number of hydrogen-bond donors (Lipinski definition) is 0. The summed E-state index contributed by atoms with van der Waals surface area (Å²) < 4.78 is 42.6. The number of halogens is 2. The Kier molecular flexibility index (Phi) is 6.94. The van der Waals surface area contributed by atoms with E-state index in [-0.39, 0.29) is 16.9 Å². The van der Waals surface area contributed by atoms with E-state index in [9.17, 15) is 18.4 Å². The first-order valence-corrected chi connectivity index (χ1v) is 13.5. The van der Waals surface area contributed by atoms with E-state index in [1.54, 1.807) is 35.4 Å². The molecule has 4 heterocycles. The molecule has 2 aromatic heterocycles. The fraction of sp³-hybridized carbons (Fsp3) is 0.323. The predicted molar refractivity (Wildman–Crippen MR) is 153 cm³/mol. The monoisotopic (exact) mass is 560 g/mol. The van der Waals surface area contributed by atoms with Crippen molar-refractivity contribution in [3.05, 3.63) is 81.5 Å². The quantitative estimate of drug-likeness (QED) is 0.298. The minimum Gasteiger partial charge on any atom is -0.464 e. The lowest BCUT2D eigenvalue weighted by Crippen LogP contribution is -2.25. The van der Waals surface area contributed by atoms with Gasteiger partial charge >= 0.3 is 11.7 Å². The van der Waals surface area contributed by atoms with Crippen molar-refractivity contribution in [3.8, 4) is 11.1 Å². The third kappa shape index (κ3) is 4.61. The maximum absolute atomic E-state index is 14.5. The summed E-state index contributed by atoms with van der Waals surface area (Å²) in [5.41, 5.74) is 6.97. The van der Waals surface area contributed by atoms with Crippen LogP contribution in [0.25, 0.3) is 27.7 Å². The number of methoxy groups -OCH3 is 1. The van der Waals surface area contributed by atoms with E-state index in [1.165, 1.54) is 19.4 Å². The topological polar surface area (TPSA) is 78.6 Å². The standard InChI is InChI=1S/C31H30F2N4O4/c1-35-27-15-21(14-23(18-8-11-41-12-9-18)28(27)36(2)31(35)39)37-10-4-5-19-13-22(24(29(32)33)16-26(19)37)20-6-7-25(34-17-20)30(38)40-3/h6-8,13-17,29H,4-5,9-12H2,1-3H3. The maximum Gasteiger partial charge on any atom is 0.356 e. The third-order valence-electron chi connectivity index (χ3n) is 8.04. The molecule has 0 amide bonds. The number of alkyl halides is 2. The molecule has 2 aromatic carbocycles. The summed E-state index contributed by atoms with van der Waals surface area (Å²) >= 11 is 0. The Labute approximate surface area is 235 Å². The molecule has 0 aliphatic carbocycles. The third-order valence-corrected chi connectivity index (χ3v) is 8.04. The predicted octanol–water partition coefficient (Wildman–Crippen LogP) is 5.55. The number of pyridine rings is 1. The average molecular weight is 561 g/mol. The van der Waals surface area contributed by atoms with Gasteiger partial charge in [0.25, 0.3) is 6.43 Å². The Morgan fingerprint density at radius 2 is 1.90 bits per heavy atom. The van der Waals surface area contributed by atoms with E-state index in [0.717, 1.165) is 58.4 Å². The summed E-state index contributed by atoms with van der Waals surface area (Å²) in [6.45, 7) is 1.75. The van der Waals surface area contributed by atoms with E-state index in [2.05, 4.69) is 16.0 Å². The number of ether oxygens (including phenoxy) is 2.